The lowest BCUT2D eigenvalue weighted by molar-refractivity contribution is -0.164. The molecular formula is C25H41NO3. The maximum absolute atomic E-state index is 13.2. The van der Waals surface area contributed by atoms with Gasteiger partial charge in [-0.2, -0.15) is 0 Å². The van der Waals surface area contributed by atoms with E-state index >= 15 is 0 Å². The zero-order chi connectivity index (χ0) is 22.0. The number of likely N-dealkylation sites (tertiary alicyclic amines) is 1. The largest absolute Gasteiger partial charge is 0.507 e. The molecule has 2 rings (SSSR count). The lowest BCUT2D eigenvalue weighted by atomic mass is 9.78. The SMILES string of the molecule is CCCCC(Cc1cc(C)c(O)c(C)c1)C(=O)OC1CC(C)(C)N(C)C(C)(C)C1. The van der Waals surface area contributed by atoms with Gasteiger partial charge in [-0.05, 0) is 78.1 Å². The molecule has 1 atom stereocenters. The van der Waals surface area contributed by atoms with Gasteiger partial charge in [-0.25, -0.2) is 0 Å². The molecule has 29 heavy (non-hydrogen) atoms. The van der Waals surface area contributed by atoms with Gasteiger partial charge in [-0.1, -0.05) is 31.9 Å². The van der Waals surface area contributed by atoms with Crippen molar-refractivity contribution in [1.82, 2.24) is 4.90 Å². The zero-order valence-electron chi connectivity index (χ0n) is 19.8. The summed E-state index contributed by atoms with van der Waals surface area (Å²) in [4.78, 5) is 15.6. The second-order valence-electron chi connectivity index (χ2n) is 10.3. The number of ether oxygens (including phenoxy) is 1. The van der Waals surface area contributed by atoms with E-state index in [0.717, 1.165) is 48.8 Å². The number of aromatic hydroxyl groups is 1. The maximum Gasteiger partial charge on any atom is 0.309 e. The Balaban J connectivity index is 2.15. The zero-order valence-corrected chi connectivity index (χ0v) is 19.8. The molecule has 0 spiro atoms. The number of phenols is 1. The van der Waals surface area contributed by atoms with Crippen LogP contribution in [0.5, 0.6) is 5.75 Å². The van der Waals surface area contributed by atoms with Gasteiger partial charge in [0.05, 0.1) is 5.92 Å². The molecule has 4 heteroatoms. The van der Waals surface area contributed by atoms with Gasteiger partial charge in [-0.3, -0.25) is 9.69 Å². The van der Waals surface area contributed by atoms with Crippen molar-refractivity contribution >= 4 is 5.97 Å². The van der Waals surface area contributed by atoms with Crippen LogP contribution in [0.4, 0.5) is 0 Å². The van der Waals surface area contributed by atoms with Crippen molar-refractivity contribution in [2.24, 2.45) is 5.92 Å². The lowest BCUT2D eigenvalue weighted by Gasteiger charge is -2.53. The quantitative estimate of drug-likeness (QED) is 0.606. The summed E-state index contributed by atoms with van der Waals surface area (Å²) in [5.41, 5.74) is 2.82. The topological polar surface area (TPSA) is 49.8 Å². The summed E-state index contributed by atoms with van der Waals surface area (Å²) in [5, 5.41) is 10.1. The highest BCUT2D eigenvalue weighted by Crippen LogP contribution is 2.38. The van der Waals surface area contributed by atoms with Crippen molar-refractivity contribution in [2.45, 2.75) is 104 Å². The third kappa shape index (κ3) is 5.75. The molecule has 1 aliphatic rings. The summed E-state index contributed by atoms with van der Waals surface area (Å²) in [6.45, 7) is 14.9. The van der Waals surface area contributed by atoms with E-state index in [4.69, 9.17) is 4.74 Å². The number of carbonyl (C=O) groups is 1. The average Bonchev–Trinajstić information content (AvgIpc) is 2.60. The van der Waals surface area contributed by atoms with Gasteiger partial charge in [0.25, 0.3) is 0 Å². The van der Waals surface area contributed by atoms with E-state index in [9.17, 15) is 9.90 Å². The number of piperidine rings is 1. The molecule has 1 unspecified atom stereocenters. The summed E-state index contributed by atoms with van der Waals surface area (Å²) in [6, 6.07) is 3.99. The van der Waals surface area contributed by atoms with Crippen molar-refractivity contribution in [3.05, 3.63) is 28.8 Å². The number of aryl methyl sites for hydroxylation is 2. The van der Waals surface area contributed by atoms with E-state index in [1.54, 1.807) is 0 Å². The van der Waals surface area contributed by atoms with Gasteiger partial charge in [0.1, 0.15) is 11.9 Å². The number of benzene rings is 1. The van der Waals surface area contributed by atoms with Crippen LogP contribution in [0.3, 0.4) is 0 Å². The number of unbranched alkanes of at least 4 members (excludes halogenated alkanes) is 1. The number of phenolic OH excluding ortho intramolecular Hbond substituents is 1. The molecule has 1 fully saturated rings. The second kappa shape index (κ2) is 9.07. The minimum atomic E-state index is -0.135. The molecule has 1 saturated heterocycles. The fraction of sp³-hybridized carbons (Fsp3) is 0.720. The van der Waals surface area contributed by atoms with Crippen molar-refractivity contribution in [2.75, 3.05) is 7.05 Å². The van der Waals surface area contributed by atoms with Crippen molar-refractivity contribution in [1.29, 1.82) is 0 Å². The fourth-order valence-corrected chi connectivity index (χ4v) is 4.83. The molecule has 1 heterocycles. The van der Waals surface area contributed by atoms with Crippen molar-refractivity contribution in [3.8, 4) is 5.75 Å². The van der Waals surface area contributed by atoms with Crippen LogP contribution in [0.1, 0.15) is 83.4 Å². The van der Waals surface area contributed by atoms with Gasteiger partial charge in [-0.15, -0.1) is 0 Å². The van der Waals surface area contributed by atoms with Crippen molar-refractivity contribution in [3.63, 3.8) is 0 Å². The number of nitrogens with zero attached hydrogens (tertiary/aromatic N) is 1. The molecule has 164 valence electrons. The van der Waals surface area contributed by atoms with Crippen LogP contribution in [-0.2, 0) is 16.0 Å². The highest BCUT2D eigenvalue weighted by Gasteiger charge is 2.44. The van der Waals surface area contributed by atoms with Crippen molar-refractivity contribution < 1.29 is 14.6 Å². The van der Waals surface area contributed by atoms with Crippen LogP contribution < -0.4 is 0 Å². The van der Waals surface area contributed by atoms with Gasteiger partial charge in [0.15, 0.2) is 0 Å². The molecule has 4 nitrogen and oxygen atoms in total. The normalized spacial score (nSPS) is 20.4. The smallest absolute Gasteiger partial charge is 0.309 e. The Hall–Kier alpha value is -1.55. The van der Waals surface area contributed by atoms with E-state index in [0.29, 0.717) is 12.2 Å². The fourth-order valence-electron chi connectivity index (χ4n) is 4.83. The van der Waals surface area contributed by atoms with Crippen LogP contribution in [0.2, 0.25) is 0 Å². The lowest BCUT2D eigenvalue weighted by Crippen LogP contribution is -2.60. The molecule has 0 radical (unpaired) electrons. The Morgan fingerprint density at radius 2 is 1.69 bits per heavy atom. The van der Waals surface area contributed by atoms with E-state index in [1.165, 1.54) is 0 Å². The number of hydrogen-bond acceptors (Lipinski definition) is 4. The third-order valence-corrected chi connectivity index (χ3v) is 6.83. The molecule has 0 aromatic heterocycles. The molecule has 0 saturated carbocycles. The maximum atomic E-state index is 13.2. The first-order chi connectivity index (χ1) is 13.4. The first-order valence-corrected chi connectivity index (χ1v) is 11.1. The third-order valence-electron chi connectivity index (χ3n) is 6.83. The van der Waals surface area contributed by atoms with Gasteiger partial charge in [0, 0.05) is 23.9 Å². The Morgan fingerprint density at radius 1 is 1.17 bits per heavy atom. The molecule has 0 aliphatic carbocycles. The number of hydrogen-bond donors (Lipinski definition) is 1. The number of esters is 1. The minimum absolute atomic E-state index is 0.00318. The average molecular weight is 404 g/mol. The van der Waals surface area contributed by atoms with E-state index in [2.05, 4.69) is 46.6 Å². The molecule has 0 bridgehead atoms. The van der Waals surface area contributed by atoms with E-state index in [-0.39, 0.29) is 29.1 Å². The van der Waals surface area contributed by atoms with Crippen LogP contribution in [0.15, 0.2) is 12.1 Å². The summed E-state index contributed by atoms with van der Waals surface area (Å²) in [6.07, 6.45) is 5.25. The van der Waals surface area contributed by atoms with E-state index < -0.39 is 0 Å². The van der Waals surface area contributed by atoms with Gasteiger partial charge >= 0.3 is 5.97 Å². The first-order valence-electron chi connectivity index (χ1n) is 11.1. The van der Waals surface area contributed by atoms with Gasteiger partial charge < -0.3 is 9.84 Å². The molecule has 1 aromatic carbocycles. The molecule has 0 amide bonds. The summed E-state index contributed by atoms with van der Waals surface area (Å²) in [7, 11) is 2.16. The Morgan fingerprint density at radius 3 is 2.17 bits per heavy atom. The molecule has 1 N–H and O–H groups in total. The molecule has 1 aliphatic heterocycles. The first kappa shape index (κ1) is 23.7. The monoisotopic (exact) mass is 403 g/mol. The van der Waals surface area contributed by atoms with Crippen LogP contribution in [0.25, 0.3) is 0 Å². The highest BCUT2D eigenvalue weighted by molar-refractivity contribution is 5.73. The summed E-state index contributed by atoms with van der Waals surface area (Å²) >= 11 is 0. The number of carbonyl (C=O) groups excluding carboxylic acids is 1. The van der Waals surface area contributed by atoms with Crippen LogP contribution in [0, 0.1) is 19.8 Å². The molecular weight excluding hydrogens is 362 g/mol. The van der Waals surface area contributed by atoms with Crippen LogP contribution in [-0.4, -0.2) is 40.2 Å². The van der Waals surface area contributed by atoms with Gasteiger partial charge in [0.2, 0.25) is 0 Å². The predicted octanol–water partition coefficient (Wildman–Crippen LogP) is 5.55. The standard InChI is InChI=1S/C25H41NO3/c1-9-10-11-20(14-19-12-17(2)22(27)18(3)13-19)23(28)29-21-15-24(4,5)26(8)25(6,7)16-21/h12-13,20-21,27H,9-11,14-16H2,1-8H3. The Bertz CT molecular complexity index is 682. The second-order valence-corrected chi connectivity index (χ2v) is 10.3. The number of rotatable bonds is 7. The Kier molecular flexibility index (Phi) is 7.42. The summed E-state index contributed by atoms with van der Waals surface area (Å²) in [5.74, 6) is 0.143. The minimum Gasteiger partial charge on any atom is -0.507 e. The molecule has 1 aromatic rings. The highest BCUT2D eigenvalue weighted by atomic mass is 16.5. The Labute approximate surface area is 177 Å². The summed E-state index contributed by atoms with van der Waals surface area (Å²) < 4.78 is 6.11. The van der Waals surface area contributed by atoms with E-state index in [1.807, 2.05) is 26.0 Å². The predicted molar refractivity (Wildman–Crippen MR) is 119 cm³/mol. The van der Waals surface area contributed by atoms with Crippen LogP contribution >= 0.6 is 0 Å².